The number of furan rings is 1. The van der Waals surface area contributed by atoms with Crippen LogP contribution in [0.4, 0.5) is 0 Å². The van der Waals surface area contributed by atoms with Crippen LogP contribution in [-0.4, -0.2) is 0 Å². The summed E-state index contributed by atoms with van der Waals surface area (Å²) in [5, 5.41) is 2.34. The average molecular weight is 211 g/mol. The van der Waals surface area contributed by atoms with Crippen molar-refractivity contribution >= 4 is 26.7 Å². The van der Waals surface area contributed by atoms with Crippen LogP contribution in [0.1, 0.15) is 5.56 Å². The third-order valence-corrected chi connectivity index (χ3v) is 2.72. The number of benzene rings is 1. The van der Waals surface area contributed by atoms with Gasteiger partial charge in [-0.1, -0.05) is 22.0 Å². The molecule has 0 unspecified atom stereocenters. The van der Waals surface area contributed by atoms with Crippen LogP contribution >= 0.6 is 15.9 Å². The van der Waals surface area contributed by atoms with Crippen LogP contribution < -0.4 is 0 Å². The maximum absolute atomic E-state index is 5.08. The summed E-state index contributed by atoms with van der Waals surface area (Å²) in [5.74, 6) is 0. The Morgan fingerprint density at radius 2 is 2.09 bits per heavy atom. The molecule has 0 amide bonds. The molecule has 1 nitrogen and oxygen atoms in total. The first-order valence-corrected chi connectivity index (χ1v) is 4.19. The quantitative estimate of drug-likeness (QED) is 0.649. The molecule has 1 aromatic carbocycles. The van der Waals surface area contributed by atoms with Crippen molar-refractivity contribution in [1.29, 1.82) is 0 Å². The molecule has 0 radical (unpaired) electrons. The van der Waals surface area contributed by atoms with Crippen LogP contribution in [0.3, 0.4) is 0 Å². The van der Waals surface area contributed by atoms with Gasteiger partial charge < -0.3 is 4.42 Å². The number of hydrogen-bond donors (Lipinski definition) is 0. The first kappa shape index (κ1) is 6.92. The highest BCUT2D eigenvalue weighted by molar-refractivity contribution is 9.10. The van der Waals surface area contributed by atoms with Gasteiger partial charge in [-0.2, -0.15) is 0 Å². The fraction of sp³-hybridized carbons (Fsp3) is 0.111. The van der Waals surface area contributed by atoms with Gasteiger partial charge in [0.2, 0.25) is 0 Å². The van der Waals surface area contributed by atoms with Crippen LogP contribution in [0.5, 0.6) is 0 Å². The van der Waals surface area contributed by atoms with Crippen molar-refractivity contribution < 1.29 is 4.42 Å². The molecule has 0 saturated carbocycles. The predicted molar refractivity (Wildman–Crippen MR) is 48.7 cm³/mol. The molecule has 0 spiro atoms. The third-order valence-electron chi connectivity index (χ3n) is 1.86. The summed E-state index contributed by atoms with van der Waals surface area (Å²) in [6.45, 7) is 2.07. The van der Waals surface area contributed by atoms with Crippen LogP contribution in [0.15, 0.2) is 33.5 Å². The van der Waals surface area contributed by atoms with Gasteiger partial charge in [0.1, 0.15) is 0 Å². The Bertz CT molecular complexity index is 389. The largest absolute Gasteiger partial charge is 0.471 e. The van der Waals surface area contributed by atoms with Crippen LogP contribution in [0, 0.1) is 6.92 Å². The number of fused-ring (bicyclic) bond motifs is 1. The molecule has 0 N–H and O–H groups in total. The van der Waals surface area contributed by atoms with Crippen molar-refractivity contribution in [3.63, 3.8) is 0 Å². The summed E-state index contributed by atoms with van der Waals surface area (Å²) in [6.07, 6.45) is 3.53. The van der Waals surface area contributed by atoms with E-state index in [0.29, 0.717) is 0 Å². The summed E-state index contributed by atoms with van der Waals surface area (Å²) >= 11 is 3.46. The molecular weight excluding hydrogens is 204 g/mol. The number of rotatable bonds is 0. The van der Waals surface area contributed by atoms with E-state index in [1.165, 1.54) is 10.9 Å². The molecule has 1 aromatic heterocycles. The Kier molecular flexibility index (Phi) is 1.50. The lowest BCUT2D eigenvalue weighted by molar-refractivity contribution is 0.572. The van der Waals surface area contributed by atoms with Crippen molar-refractivity contribution in [3.05, 3.63) is 34.7 Å². The van der Waals surface area contributed by atoms with Crippen molar-refractivity contribution in [2.45, 2.75) is 6.92 Å². The summed E-state index contributed by atoms with van der Waals surface area (Å²) in [7, 11) is 0. The standard InChI is InChI=1S/C9H7BrO/c1-6-8-5-11-4-7(8)2-3-9(6)10/h2-5H,1H3. The summed E-state index contributed by atoms with van der Waals surface area (Å²) in [5.41, 5.74) is 1.23. The lowest BCUT2D eigenvalue weighted by atomic mass is 10.1. The second kappa shape index (κ2) is 2.38. The van der Waals surface area contributed by atoms with E-state index >= 15 is 0 Å². The Morgan fingerprint density at radius 3 is 2.91 bits per heavy atom. The van der Waals surface area contributed by atoms with Gasteiger partial charge in [0, 0.05) is 15.2 Å². The van der Waals surface area contributed by atoms with E-state index in [9.17, 15) is 0 Å². The van der Waals surface area contributed by atoms with E-state index < -0.39 is 0 Å². The SMILES string of the molecule is Cc1c(Br)ccc2cocc12. The van der Waals surface area contributed by atoms with Gasteiger partial charge in [-0.15, -0.1) is 0 Å². The van der Waals surface area contributed by atoms with Crippen LogP contribution in [-0.2, 0) is 0 Å². The molecule has 11 heavy (non-hydrogen) atoms. The second-order valence-electron chi connectivity index (χ2n) is 2.55. The molecule has 2 aromatic rings. The van der Waals surface area contributed by atoms with Crippen molar-refractivity contribution in [2.24, 2.45) is 0 Å². The maximum atomic E-state index is 5.08. The summed E-state index contributed by atoms with van der Waals surface area (Å²) in [6, 6.07) is 4.07. The highest BCUT2D eigenvalue weighted by Gasteiger charge is 2.01. The lowest BCUT2D eigenvalue weighted by Gasteiger charge is -1.96. The zero-order valence-corrected chi connectivity index (χ0v) is 7.68. The van der Waals surface area contributed by atoms with E-state index in [2.05, 4.69) is 22.9 Å². The highest BCUT2D eigenvalue weighted by Crippen LogP contribution is 2.25. The minimum Gasteiger partial charge on any atom is -0.471 e. The van der Waals surface area contributed by atoms with E-state index in [-0.39, 0.29) is 0 Å². The van der Waals surface area contributed by atoms with Crippen molar-refractivity contribution in [3.8, 4) is 0 Å². The number of hydrogen-bond acceptors (Lipinski definition) is 1. The topological polar surface area (TPSA) is 13.1 Å². The number of aryl methyl sites for hydroxylation is 1. The molecule has 2 heteroatoms. The van der Waals surface area contributed by atoms with E-state index in [4.69, 9.17) is 4.42 Å². The fourth-order valence-electron chi connectivity index (χ4n) is 1.16. The van der Waals surface area contributed by atoms with Gasteiger partial charge in [0.15, 0.2) is 0 Å². The zero-order chi connectivity index (χ0) is 7.84. The predicted octanol–water partition coefficient (Wildman–Crippen LogP) is 3.50. The van der Waals surface area contributed by atoms with Crippen LogP contribution in [0.2, 0.25) is 0 Å². The molecule has 0 aliphatic heterocycles. The third kappa shape index (κ3) is 0.979. The second-order valence-corrected chi connectivity index (χ2v) is 3.40. The Balaban J connectivity index is 2.93. The normalized spacial score (nSPS) is 10.7. The summed E-state index contributed by atoms with van der Waals surface area (Å²) < 4.78 is 6.21. The molecule has 0 saturated heterocycles. The highest BCUT2D eigenvalue weighted by atomic mass is 79.9. The molecule has 56 valence electrons. The molecule has 0 atom stereocenters. The Hall–Kier alpha value is -0.760. The molecular formula is C9H7BrO. The monoisotopic (exact) mass is 210 g/mol. The summed E-state index contributed by atoms with van der Waals surface area (Å²) in [4.78, 5) is 0. The van der Waals surface area contributed by atoms with E-state index in [1.54, 1.807) is 12.5 Å². The molecule has 0 aliphatic rings. The fourth-order valence-corrected chi connectivity index (χ4v) is 1.50. The number of halogens is 1. The molecule has 0 fully saturated rings. The van der Waals surface area contributed by atoms with Gasteiger partial charge in [-0.3, -0.25) is 0 Å². The van der Waals surface area contributed by atoms with Gasteiger partial charge in [-0.05, 0) is 18.6 Å². The van der Waals surface area contributed by atoms with Gasteiger partial charge >= 0.3 is 0 Å². The molecule has 0 aliphatic carbocycles. The maximum Gasteiger partial charge on any atom is 0.0984 e. The van der Waals surface area contributed by atoms with Crippen LogP contribution in [0.25, 0.3) is 10.8 Å². The average Bonchev–Trinajstić information content (AvgIpc) is 2.45. The smallest absolute Gasteiger partial charge is 0.0984 e. The zero-order valence-electron chi connectivity index (χ0n) is 6.10. The van der Waals surface area contributed by atoms with Gasteiger partial charge in [0.25, 0.3) is 0 Å². The van der Waals surface area contributed by atoms with E-state index in [1.807, 2.05) is 12.1 Å². The minimum absolute atomic E-state index is 1.13. The Labute approximate surface area is 73.1 Å². The molecule has 1 heterocycles. The Morgan fingerprint density at radius 1 is 1.27 bits per heavy atom. The van der Waals surface area contributed by atoms with Crippen molar-refractivity contribution in [1.82, 2.24) is 0 Å². The van der Waals surface area contributed by atoms with Gasteiger partial charge in [0.05, 0.1) is 12.5 Å². The first-order valence-electron chi connectivity index (χ1n) is 3.40. The van der Waals surface area contributed by atoms with Crippen molar-refractivity contribution in [2.75, 3.05) is 0 Å². The molecule has 0 bridgehead atoms. The first-order chi connectivity index (χ1) is 5.29. The van der Waals surface area contributed by atoms with Gasteiger partial charge in [-0.25, -0.2) is 0 Å². The molecule has 2 rings (SSSR count). The lowest BCUT2D eigenvalue weighted by Crippen LogP contribution is -1.74. The van der Waals surface area contributed by atoms with E-state index in [0.717, 1.165) is 9.86 Å². The minimum atomic E-state index is 1.13.